The Morgan fingerprint density at radius 1 is 0.308 bits per heavy atom. The van der Waals surface area contributed by atoms with E-state index in [0.29, 0.717) is 0 Å². The molecule has 0 atom stereocenters. The monoisotopic (exact) mass is 702 g/mol. The van der Waals surface area contributed by atoms with Crippen LogP contribution in [-0.2, 0) is 0 Å². The molecule has 4 heterocycles. The minimum atomic E-state index is 1.02. The summed E-state index contributed by atoms with van der Waals surface area (Å²) in [6.45, 7) is 0. The van der Waals surface area contributed by atoms with Crippen molar-refractivity contribution >= 4 is 57.6 Å². The molecule has 246 valence electrons. The van der Waals surface area contributed by atoms with E-state index in [1.165, 1.54) is 42.3 Å². The number of hydrogen-bond acceptors (Lipinski definition) is 6. The van der Waals surface area contributed by atoms with E-state index >= 15 is 0 Å². The highest BCUT2D eigenvalue weighted by Gasteiger charge is 2.26. The fourth-order valence-corrected chi connectivity index (χ4v) is 9.24. The molecule has 0 saturated heterocycles. The topological polar surface area (TPSA) is 32.3 Å². The smallest absolute Gasteiger partial charge is 0.0601 e. The van der Waals surface area contributed by atoms with E-state index < -0.39 is 0 Å². The Morgan fingerprint density at radius 3 is 1.00 bits per heavy atom. The van der Waals surface area contributed by atoms with Crippen molar-refractivity contribution < 1.29 is 0 Å². The maximum Gasteiger partial charge on any atom is 0.0601 e. The maximum absolute atomic E-state index is 4.72. The standard InChI is InChI=1S/C46H30N4S2/c1-5-19-43-39(15-1)49(40-16-2-6-20-44(40)51-43)37-13-9-11-31(25-37)33-23-35(29-47-27-33)36-24-34(28-48-30-36)32-12-10-14-38(26-32)50-41-17-3-7-21-45(41)52-46-22-8-4-18-42(46)50/h1-30H. The summed E-state index contributed by atoms with van der Waals surface area (Å²) in [4.78, 5) is 19.2. The van der Waals surface area contributed by atoms with Gasteiger partial charge in [-0.3, -0.25) is 9.97 Å². The Hall–Kier alpha value is -6.08. The lowest BCUT2D eigenvalue weighted by molar-refractivity contribution is 1.17. The van der Waals surface area contributed by atoms with E-state index in [2.05, 4.69) is 168 Å². The van der Waals surface area contributed by atoms with Gasteiger partial charge in [-0.05, 0) is 96.1 Å². The Labute approximate surface area is 311 Å². The molecule has 0 bridgehead atoms. The molecule has 6 heteroatoms. The van der Waals surface area contributed by atoms with E-state index in [4.69, 9.17) is 9.97 Å². The molecular weight excluding hydrogens is 673 g/mol. The van der Waals surface area contributed by atoms with Crippen LogP contribution in [0.15, 0.2) is 202 Å². The number of fused-ring (bicyclic) bond motifs is 4. The van der Waals surface area contributed by atoms with Crippen LogP contribution < -0.4 is 9.80 Å². The van der Waals surface area contributed by atoms with Gasteiger partial charge in [-0.2, -0.15) is 0 Å². The molecule has 0 unspecified atom stereocenters. The van der Waals surface area contributed by atoms with Crippen molar-refractivity contribution in [1.82, 2.24) is 9.97 Å². The Kier molecular flexibility index (Phi) is 7.63. The molecule has 0 fully saturated rings. The number of benzene rings is 6. The molecule has 0 spiro atoms. The summed E-state index contributed by atoms with van der Waals surface area (Å²) in [6, 6.07) is 56.4. The van der Waals surface area contributed by atoms with Gasteiger partial charge in [0.2, 0.25) is 0 Å². The van der Waals surface area contributed by atoms with E-state index in [-0.39, 0.29) is 0 Å². The molecule has 0 radical (unpaired) electrons. The van der Waals surface area contributed by atoms with E-state index in [0.717, 1.165) is 44.8 Å². The van der Waals surface area contributed by atoms with Gasteiger partial charge in [0.25, 0.3) is 0 Å². The average molecular weight is 703 g/mol. The molecule has 6 aromatic carbocycles. The first-order valence-corrected chi connectivity index (χ1v) is 18.8. The van der Waals surface area contributed by atoms with E-state index in [1.807, 2.05) is 48.3 Å². The first kappa shape index (κ1) is 30.7. The van der Waals surface area contributed by atoms with Crippen LogP contribution in [0.2, 0.25) is 0 Å². The second kappa shape index (κ2) is 12.9. The lowest BCUT2D eigenvalue weighted by Gasteiger charge is -2.33. The highest BCUT2D eigenvalue weighted by atomic mass is 32.2. The van der Waals surface area contributed by atoms with Gasteiger partial charge < -0.3 is 9.80 Å². The summed E-state index contributed by atoms with van der Waals surface area (Å²) in [5.74, 6) is 0. The van der Waals surface area contributed by atoms with Gasteiger partial charge in [0.1, 0.15) is 0 Å². The summed E-state index contributed by atoms with van der Waals surface area (Å²) in [5, 5.41) is 0. The van der Waals surface area contributed by atoms with Crippen LogP contribution in [0, 0.1) is 0 Å². The predicted molar refractivity (Wildman–Crippen MR) is 216 cm³/mol. The summed E-state index contributed by atoms with van der Waals surface area (Å²) in [5.41, 5.74) is 13.4. The van der Waals surface area contributed by atoms with Gasteiger partial charge in [-0.25, -0.2) is 0 Å². The van der Waals surface area contributed by atoms with Gasteiger partial charge in [0.05, 0.1) is 22.7 Å². The first-order chi connectivity index (χ1) is 25.8. The van der Waals surface area contributed by atoms with Gasteiger partial charge >= 0.3 is 0 Å². The number of para-hydroxylation sites is 4. The zero-order valence-electron chi connectivity index (χ0n) is 27.9. The van der Waals surface area contributed by atoms with Crippen molar-refractivity contribution in [3.63, 3.8) is 0 Å². The predicted octanol–water partition coefficient (Wildman–Crippen LogP) is 13.3. The van der Waals surface area contributed by atoms with Crippen LogP contribution in [0.25, 0.3) is 33.4 Å². The van der Waals surface area contributed by atoms with Gasteiger partial charge in [-0.1, -0.05) is 96.3 Å². The minimum Gasteiger partial charge on any atom is -0.308 e. The Balaban J connectivity index is 0.992. The number of anilines is 6. The lowest BCUT2D eigenvalue weighted by atomic mass is 9.99. The van der Waals surface area contributed by atoms with Gasteiger partial charge in [0.15, 0.2) is 0 Å². The van der Waals surface area contributed by atoms with Crippen molar-refractivity contribution in [1.29, 1.82) is 0 Å². The molecule has 8 aromatic rings. The number of hydrogen-bond donors (Lipinski definition) is 0. The van der Waals surface area contributed by atoms with Crippen molar-refractivity contribution in [3.05, 3.63) is 183 Å². The highest BCUT2D eigenvalue weighted by molar-refractivity contribution is 8.00. The third-order valence-electron chi connectivity index (χ3n) is 9.55. The quantitative estimate of drug-likeness (QED) is 0.178. The summed E-state index contributed by atoms with van der Waals surface area (Å²) in [7, 11) is 0. The fourth-order valence-electron chi connectivity index (χ4n) is 7.13. The molecule has 0 N–H and O–H groups in total. The van der Waals surface area contributed by atoms with Crippen LogP contribution in [0.1, 0.15) is 0 Å². The maximum atomic E-state index is 4.72. The molecular formula is C46H30N4S2. The average Bonchev–Trinajstić information content (AvgIpc) is 3.22. The van der Waals surface area contributed by atoms with E-state index in [9.17, 15) is 0 Å². The summed E-state index contributed by atoms with van der Waals surface area (Å²) >= 11 is 3.64. The van der Waals surface area contributed by atoms with Crippen molar-refractivity contribution in [2.75, 3.05) is 9.80 Å². The summed E-state index contributed by atoms with van der Waals surface area (Å²) in [6.07, 6.45) is 7.75. The highest BCUT2D eigenvalue weighted by Crippen LogP contribution is 2.53. The van der Waals surface area contributed by atoms with Crippen LogP contribution in [0.3, 0.4) is 0 Å². The van der Waals surface area contributed by atoms with Gasteiger partial charge in [0, 0.05) is 78.0 Å². The van der Waals surface area contributed by atoms with Crippen LogP contribution in [0.4, 0.5) is 34.1 Å². The zero-order chi connectivity index (χ0) is 34.4. The third kappa shape index (κ3) is 5.44. The first-order valence-electron chi connectivity index (χ1n) is 17.2. The van der Waals surface area contributed by atoms with Crippen molar-refractivity contribution in [3.8, 4) is 33.4 Å². The van der Waals surface area contributed by atoms with Crippen molar-refractivity contribution in [2.24, 2.45) is 0 Å². The second-order valence-electron chi connectivity index (χ2n) is 12.8. The largest absolute Gasteiger partial charge is 0.308 e. The Bertz CT molecular complexity index is 2360. The number of pyridine rings is 2. The van der Waals surface area contributed by atoms with Crippen molar-refractivity contribution in [2.45, 2.75) is 19.6 Å². The molecule has 10 rings (SSSR count). The second-order valence-corrected chi connectivity index (χ2v) is 14.9. The van der Waals surface area contributed by atoms with Crippen LogP contribution in [0.5, 0.6) is 0 Å². The molecule has 0 aliphatic carbocycles. The van der Waals surface area contributed by atoms with Crippen LogP contribution >= 0.6 is 23.5 Å². The third-order valence-corrected chi connectivity index (χ3v) is 11.8. The van der Waals surface area contributed by atoms with Gasteiger partial charge in [-0.15, -0.1) is 0 Å². The minimum absolute atomic E-state index is 1.02. The molecule has 0 amide bonds. The number of rotatable bonds is 5. The molecule has 2 aliphatic heterocycles. The van der Waals surface area contributed by atoms with Crippen LogP contribution in [-0.4, -0.2) is 9.97 Å². The lowest BCUT2D eigenvalue weighted by Crippen LogP contribution is -2.14. The molecule has 0 saturated carbocycles. The summed E-state index contributed by atoms with van der Waals surface area (Å²) < 4.78 is 0. The Morgan fingerprint density at radius 2 is 0.635 bits per heavy atom. The fraction of sp³-hybridized carbons (Fsp3) is 0. The number of nitrogens with zero attached hydrogens (tertiary/aromatic N) is 4. The SMILES string of the molecule is c1cc(-c2cncc(-c3cncc(-c4cccc(N5c6ccccc6Sc6ccccc65)c4)c3)c2)cc(N2c3ccccc3Sc3ccccc32)c1. The normalized spacial score (nSPS) is 12.8. The molecule has 52 heavy (non-hydrogen) atoms. The molecule has 2 aromatic heterocycles. The molecule has 4 nitrogen and oxygen atoms in total. The van der Waals surface area contributed by atoms with E-state index in [1.54, 1.807) is 0 Å². The zero-order valence-corrected chi connectivity index (χ0v) is 29.6. The number of aromatic nitrogens is 2. The molecule has 2 aliphatic rings.